The average Bonchev–Trinajstić information content (AvgIpc) is 2.61. The third-order valence-corrected chi connectivity index (χ3v) is 1.99. The van der Waals surface area contributed by atoms with Crippen LogP contribution in [0.25, 0.3) is 0 Å². The Labute approximate surface area is 71.0 Å². The van der Waals surface area contributed by atoms with E-state index in [0.717, 1.165) is 17.0 Å². The van der Waals surface area contributed by atoms with Gasteiger partial charge < -0.3 is 9.33 Å². The van der Waals surface area contributed by atoms with Crippen LogP contribution in [0, 0.1) is 13.8 Å². The van der Waals surface area contributed by atoms with Gasteiger partial charge in [-0.1, -0.05) is 5.16 Å². The molecule has 2 heterocycles. The van der Waals surface area contributed by atoms with Crippen molar-refractivity contribution < 1.29 is 14.2 Å². The first-order valence-electron chi connectivity index (χ1n) is 3.83. The summed E-state index contributed by atoms with van der Waals surface area (Å²) in [6.45, 7) is 4.35. The minimum atomic E-state index is 0.163. The maximum Gasteiger partial charge on any atom is 0.355 e. The third-order valence-electron chi connectivity index (χ3n) is 1.99. The SMILES string of the molecule is Cc1noc(C)c1C1[B]OOC1. The molecule has 0 aromatic carbocycles. The van der Waals surface area contributed by atoms with Crippen LogP contribution in [-0.4, -0.2) is 19.2 Å². The molecule has 1 aromatic heterocycles. The summed E-state index contributed by atoms with van der Waals surface area (Å²) in [6.07, 6.45) is 0. The molecule has 1 aliphatic rings. The first-order chi connectivity index (χ1) is 5.79. The molecule has 0 saturated carbocycles. The van der Waals surface area contributed by atoms with E-state index in [1.165, 1.54) is 0 Å². The molecule has 1 saturated heterocycles. The van der Waals surface area contributed by atoms with Crippen LogP contribution < -0.4 is 0 Å². The molecular weight excluding hydrogens is 157 g/mol. The van der Waals surface area contributed by atoms with E-state index in [0.29, 0.717) is 6.61 Å². The van der Waals surface area contributed by atoms with Gasteiger partial charge in [-0.15, -0.1) is 0 Å². The summed E-state index contributed by atoms with van der Waals surface area (Å²) in [7, 11) is 1.66. The molecule has 12 heavy (non-hydrogen) atoms. The number of rotatable bonds is 1. The van der Waals surface area contributed by atoms with Crippen molar-refractivity contribution in [1.29, 1.82) is 0 Å². The molecule has 0 bridgehead atoms. The van der Waals surface area contributed by atoms with Crippen molar-refractivity contribution in [3.63, 3.8) is 0 Å². The van der Waals surface area contributed by atoms with Crippen LogP contribution in [0.5, 0.6) is 0 Å². The second kappa shape index (κ2) is 2.92. The zero-order valence-electron chi connectivity index (χ0n) is 7.03. The van der Waals surface area contributed by atoms with Gasteiger partial charge in [-0.2, -0.15) is 0 Å². The van der Waals surface area contributed by atoms with Crippen molar-refractivity contribution >= 4 is 7.48 Å². The van der Waals surface area contributed by atoms with Crippen LogP contribution in [0.3, 0.4) is 0 Å². The first-order valence-corrected chi connectivity index (χ1v) is 3.83. The summed E-state index contributed by atoms with van der Waals surface area (Å²) in [5.41, 5.74) is 1.98. The van der Waals surface area contributed by atoms with Crippen molar-refractivity contribution in [2.24, 2.45) is 0 Å². The Balaban J connectivity index is 2.30. The fourth-order valence-electron chi connectivity index (χ4n) is 1.43. The van der Waals surface area contributed by atoms with E-state index >= 15 is 0 Å². The summed E-state index contributed by atoms with van der Waals surface area (Å²) in [5.74, 6) is 0.999. The molecule has 1 aromatic rings. The van der Waals surface area contributed by atoms with Crippen LogP contribution in [0.15, 0.2) is 4.52 Å². The molecule has 1 aliphatic heterocycles. The van der Waals surface area contributed by atoms with E-state index in [1.807, 2.05) is 13.8 Å². The molecular formula is C7H9BNO3. The van der Waals surface area contributed by atoms with Crippen LogP contribution in [0.2, 0.25) is 0 Å². The van der Waals surface area contributed by atoms with Gasteiger partial charge in [0, 0.05) is 11.4 Å². The standard InChI is InChI=1S/C7H9BNO3/c1-4-7(5(2)11-9-4)6-3-10-12-8-6/h6H,3H2,1-2H3. The van der Waals surface area contributed by atoms with Crippen LogP contribution in [0.4, 0.5) is 0 Å². The van der Waals surface area contributed by atoms with Gasteiger partial charge in [0.1, 0.15) is 5.76 Å². The predicted molar refractivity (Wildman–Crippen MR) is 41.5 cm³/mol. The Bertz CT molecular complexity index is 261. The van der Waals surface area contributed by atoms with E-state index in [1.54, 1.807) is 7.48 Å². The summed E-state index contributed by atoms with van der Waals surface area (Å²) >= 11 is 0. The van der Waals surface area contributed by atoms with Crippen molar-refractivity contribution in [3.05, 3.63) is 17.0 Å². The third kappa shape index (κ3) is 1.15. The quantitative estimate of drug-likeness (QED) is 0.459. The Hall–Kier alpha value is -0.805. The molecule has 63 valence electrons. The van der Waals surface area contributed by atoms with E-state index in [-0.39, 0.29) is 5.82 Å². The lowest BCUT2D eigenvalue weighted by Gasteiger charge is -2.01. The number of hydrogen-bond acceptors (Lipinski definition) is 4. The Morgan fingerprint density at radius 1 is 1.50 bits per heavy atom. The highest BCUT2D eigenvalue weighted by Gasteiger charge is 2.27. The smallest absolute Gasteiger partial charge is 0.355 e. The van der Waals surface area contributed by atoms with Gasteiger partial charge in [0.05, 0.1) is 12.3 Å². The molecule has 0 amide bonds. The largest absolute Gasteiger partial charge is 0.361 e. The minimum absolute atomic E-state index is 0.163. The minimum Gasteiger partial charge on any atom is -0.361 e. The molecule has 1 fully saturated rings. The topological polar surface area (TPSA) is 44.5 Å². The fraction of sp³-hybridized carbons (Fsp3) is 0.571. The zero-order valence-corrected chi connectivity index (χ0v) is 7.03. The Morgan fingerprint density at radius 3 is 2.83 bits per heavy atom. The maximum atomic E-state index is 5.03. The van der Waals surface area contributed by atoms with Gasteiger partial charge in [0.2, 0.25) is 0 Å². The summed E-state index contributed by atoms with van der Waals surface area (Å²) in [6, 6.07) is 0. The normalized spacial score (nSPS) is 22.7. The predicted octanol–water partition coefficient (Wildman–Crippen LogP) is 0.914. The van der Waals surface area contributed by atoms with Gasteiger partial charge in [-0.3, -0.25) is 4.89 Å². The molecule has 4 nitrogen and oxygen atoms in total. The van der Waals surface area contributed by atoms with E-state index in [2.05, 4.69) is 5.16 Å². The molecule has 5 heteroatoms. The molecule has 1 atom stereocenters. The monoisotopic (exact) mass is 166 g/mol. The van der Waals surface area contributed by atoms with Crippen LogP contribution in [0.1, 0.15) is 22.8 Å². The van der Waals surface area contributed by atoms with Crippen molar-refractivity contribution in [2.45, 2.75) is 19.7 Å². The van der Waals surface area contributed by atoms with Gasteiger partial charge >= 0.3 is 7.48 Å². The summed E-state index contributed by atoms with van der Waals surface area (Å²) in [5, 5.41) is 3.85. The molecule has 1 unspecified atom stereocenters. The summed E-state index contributed by atoms with van der Waals surface area (Å²) < 4.78 is 5.03. The van der Waals surface area contributed by atoms with Gasteiger partial charge in [0.25, 0.3) is 0 Å². The van der Waals surface area contributed by atoms with Crippen LogP contribution in [-0.2, 0) is 9.69 Å². The highest BCUT2D eigenvalue weighted by molar-refractivity contribution is 6.30. The number of aryl methyl sites for hydroxylation is 2. The molecule has 2 rings (SSSR count). The number of nitrogens with zero attached hydrogens (tertiary/aromatic N) is 1. The van der Waals surface area contributed by atoms with E-state index < -0.39 is 0 Å². The van der Waals surface area contributed by atoms with Crippen molar-refractivity contribution in [2.75, 3.05) is 6.61 Å². The Morgan fingerprint density at radius 2 is 2.33 bits per heavy atom. The second-order valence-corrected chi connectivity index (χ2v) is 2.86. The van der Waals surface area contributed by atoms with Gasteiger partial charge in [-0.25, -0.2) is 0 Å². The lowest BCUT2D eigenvalue weighted by Crippen LogP contribution is -2.06. The second-order valence-electron chi connectivity index (χ2n) is 2.86. The van der Waals surface area contributed by atoms with Gasteiger partial charge in [0.15, 0.2) is 0 Å². The average molecular weight is 166 g/mol. The Kier molecular flexibility index (Phi) is 1.90. The van der Waals surface area contributed by atoms with Gasteiger partial charge in [-0.05, 0) is 13.8 Å². The number of hydrogen-bond donors (Lipinski definition) is 0. The first kappa shape index (κ1) is 7.82. The van der Waals surface area contributed by atoms with Crippen molar-refractivity contribution in [3.8, 4) is 0 Å². The lowest BCUT2D eigenvalue weighted by molar-refractivity contribution is -0.183. The molecule has 0 aliphatic carbocycles. The lowest BCUT2D eigenvalue weighted by atomic mass is 9.76. The fourth-order valence-corrected chi connectivity index (χ4v) is 1.43. The van der Waals surface area contributed by atoms with E-state index in [9.17, 15) is 0 Å². The highest BCUT2D eigenvalue weighted by atomic mass is 17.2. The number of aromatic nitrogens is 1. The zero-order chi connectivity index (χ0) is 8.55. The van der Waals surface area contributed by atoms with E-state index in [4.69, 9.17) is 14.2 Å². The molecule has 0 spiro atoms. The summed E-state index contributed by atoms with van der Waals surface area (Å²) in [4.78, 5) is 9.46. The highest BCUT2D eigenvalue weighted by Crippen LogP contribution is 2.25. The van der Waals surface area contributed by atoms with Crippen molar-refractivity contribution in [1.82, 2.24) is 5.16 Å². The molecule has 0 N–H and O–H groups in total. The molecule has 1 radical (unpaired) electrons. The van der Waals surface area contributed by atoms with Crippen LogP contribution >= 0.6 is 0 Å². The maximum absolute atomic E-state index is 5.03.